The molecule has 3 rings (SSSR count). The summed E-state index contributed by atoms with van der Waals surface area (Å²) in [4.78, 5) is 18.5. The highest BCUT2D eigenvalue weighted by Gasteiger charge is 2.37. The zero-order valence-electron chi connectivity index (χ0n) is 15.8. The zero-order chi connectivity index (χ0) is 21.9. The van der Waals surface area contributed by atoms with Crippen LogP contribution in [0.25, 0.3) is 0 Å². The fourth-order valence-electron chi connectivity index (χ4n) is 3.25. The summed E-state index contributed by atoms with van der Waals surface area (Å²) in [5.74, 6) is -1.08. The van der Waals surface area contributed by atoms with Crippen molar-refractivity contribution in [2.24, 2.45) is 0 Å². The van der Waals surface area contributed by atoms with Crippen LogP contribution in [0.1, 0.15) is 47.2 Å². The van der Waals surface area contributed by atoms with Crippen LogP contribution in [0.5, 0.6) is 0 Å². The van der Waals surface area contributed by atoms with Gasteiger partial charge in [-0.2, -0.15) is 26.3 Å². The second kappa shape index (κ2) is 8.53. The van der Waals surface area contributed by atoms with E-state index >= 15 is 0 Å². The Morgan fingerprint density at radius 2 is 1.43 bits per heavy atom. The van der Waals surface area contributed by atoms with Crippen LogP contribution in [0.4, 0.5) is 37.8 Å². The van der Waals surface area contributed by atoms with Gasteiger partial charge in [0.2, 0.25) is 0 Å². The number of carbonyl (C=O) groups excluding carboxylic acids is 1. The average molecular weight is 431 g/mol. The van der Waals surface area contributed by atoms with E-state index in [0.29, 0.717) is 12.1 Å². The number of anilines is 2. The molecule has 1 saturated heterocycles. The Morgan fingerprint density at radius 1 is 0.867 bits per heavy atom. The summed E-state index contributed by atoms with van der Waals surface area (Å²) in [6.45, 7) is 1.75. The van der Waals surface area contributed by atoms with Gasteiger partial charge in [0, 0.05) is 18.7 Å². The van der Waals surface area contributed by atoms with Crippen molar-refractivity contribution in [2.45, 2.75) is 38.0 Å². The number of nitrogens with one attached hydrogen (secondary N) is 1. The predicted octanol–water partition coefficient (Wildman–Crippen LogP) is 5.75. The van der Waals surface area contributed by atoms with E-state index in [1.807, 2.05) is 0 Å². The molecule has 0 unspecified atom stereocenters. The van der Waals surface area contributed by atoms with Crippen LogP contribution in [0, 0.1) is 0 Å². The van der Waals surface area contributed by atoms with Crippen LogP contribution in [0.3, 0.4) is 0 Å². The van der Waals surface area contributed by atoms with Crippen LogP contribution in [-0.4, -0.2) is 24.0 Å². The molecule has 0 atom stereocenters. The van der Waals surface area contributed by atoms with Gasteiger partial charge in [0.25, 0.3) is 5.91 Å². The minimum atomic E-state index is -5.02. The number of rotatable bonds is 3. The maximum absolute atomic E-state index is 13.0. The maximum Gasteiger partial charge on any atom is 0.416 e. The number of hydrogen-bond acceptors (Lipinski definition) is 3. The number of aromatic nitrogens is 1. The molecule has 1 fully saturated rings. The third-order valence-electron chi connectivity index (χ3n) is 4.81. The molecule has 10 heteroatoms. The predicted molar refractivity (Wildman–Crippen MR) is 99.3 cm³/mol. The van der Waals surface area contributed by atoms with Crippen molar-refractivity contribution in [1.29, 1.82) is 0 Å². The minimum absolute atomic E-state index is 0.0228. The molecule has 162 valence electrons. The topological polar surface area (TPSA) is 45.2 Å². The third-order valence-corrected chi connectivity index (χ3v) is 4.81. The van der Waals surface area contributed by atoms with Gasteiger partial charge < -0.3 is 10.2 Å². The lowest BCUT2D eigenvalue weighted by Crippen LogP contribution is -2.24. The number of halogens is 6. The van der Waals surface area contributed by atoms with Crippen molar-refractivity contribution in [3.05, 3.63) is 53.2 Å². The smallest absolute Gasteiger partial charge is 0.370 e. The van der Waals surface area contributed by atoms with Crippen molar-refractivity contribution < 1.29 is 31.1 Å². The van der Waals surface area contributed by atoms with E-state index in [1.165, 1.54) is 12.3 Å². The van der Waals surface area contributed by atoms with E-state index in [4.69, 9.17) is 0 Å². The monoisotopic (exact) mass is 431 g/mol. The third kappa shape index (κ3) is 5.43. The van der Waals surface area contributed by atoms with Crippen molar-refractivity contribution in [3.63, 3.8) is 0 Å². The van der Waals surface area contributed by atoms with E-state index in [9.17, 15) is 31.1 Å². The Kier molecular flexibility index (Phi) is 6.23. The summed E-state index contributed by atoms with van der Waals surface area (Å²) >= 11 is 0. The summed E-state index contributed by atoms with van der Waals surface area (Å²) in [7, 11) is 0. The van der Waals surface area contributed by atoms with E-state index in [-0.39, 0.29) is 11.9 Å². The minimum Gasteiger partial charge on any atom is -0.370 e. The Labute approximate surface area is 168 Å². The van der Waals surface area contributed by atoms with Gasteiger partial charge in [-0.05, 0) is 43.2 Å². The van der Waals surface area contributed by atoms with Crippen LogP contribution < -0.4 is 10.2 Å². The molecular formula is C20H19F6N3O. The lowest BCUT2D eigenvalue weighted by Gasteiger charge is -2.22. The van der Waals surface area contributed by atoms with Crippen molar-refractivity contribution in [2.75, 3.05) is 23.3 Å². The number of amides is 1. The molecule has 1 aromatic heterocycles. The molecule has 2 aromatic rings. The SMILES string of the molecule is O=C(Nc1ccc(N2CCCCCC2)cn1)c1cc(C(F)(F)F)cc(C(F)(F)F)c1. The normalized spacial score (nSPS) is 15.6. The van der Waals surface area contributed by atoms with Gasteiger partial charge in [0.05, 0.1) is 23.0 Å². The lowest BCUT2D eigenvalue weighted by molar-refractivity contribution is -0.143. The molecule has 0 radical (unpaired) electrons. The molecule has 0 spiro atoms. The van der Waals surface area contributed by atoms with Crippen LogP contribution in [0.2, 0.25) is 0 Å². The number of benzene rings is 1. The van der Waals surface area contributed by atoms with Crippen molar-refractivity contribution in [3.8, 4) is 0 Å². The van der Waals surface area contributed by atoms with Gasteiger partial charge in [-0.25, -0.2) is 4.98 Å². The van der Waals surface area contributed by atoms with Crippen LogP contribution >= 0.6 is 0 Å². The molecular weight excluding hydrogens is 412 g/mol. The fraction of sp³-hybridized carbons (Fsp3) is 0.400. The Balaban J connectivity index is 1.80. The van der Waals surface area contributed by atoms with E-state index in [0.717, 1.165) is 44.5 Å². The van der Waals surface area contributed by atoms with E-state index < -0.39 is 35.0 Å². The molecule has 0 bridgehead atoms. The average Bonchev–Trinajstić information content (AvgIpc) is 2.96. The number of alkyl halides is 6. The van der Waals surface area contributed by atoms with Gasteiger partial charge in [-0.1, -0.05) is 12.8 Å². The molecule has 1 N–H and O–H groups in total. The van der Waals surface area contributed by atoms with Crippen molar-refractivity contribution >= 4 is 17.4 Å². The van der Waals surface area contributed by atoms with Crippen molar-refractivity contribution in [1.82, 2.24) is 4.98 Å². The highest BCUT2D eigenvalue weighted by Crippen LogP contribution is 2.36. The van der Waals surface area contributed by atoms with Gasteiger partial charge >= 0.3 is 12.4 Å². The molecule has 30 heavy (non-hydrogen) atoms. The van der Waals surface area contributed by atoms with Crippen LogP contribution in [0.15, 0.2) is 36.5 Å². The highest BCUT2D eigenvalue weighted by atomic mass is 19.4. The first-order valence-electron chi connectivity index (χ1n) is 9.36. The van der Waals surface area contributed by atoms with Gasteiger partial charge in [-0.15, -0.1) is 0 Å². The summed E-state index contributed by atoms with van der Waals surface area (Å²) in [5, 5.41) is 2.25. The zero-order valence-corrected chi connectivity index (χ0v) is 15.8. The highest BCUT2D eigenvalue weighted by molar-refractivity contribution is 6.04. The summed E-state index contributed by atoms with van der Waals surface area (Å²) in [6.07, 6.45) is -4.13. The molecule has 1 amide bonds. The Bertz CT molecular complexity index is 853. The lowest BCUT2D eigenvalue weighted by atomic mass is 10.0. The van der Waals surface area contributed by atoms with Gasteiger partial charge in [0.1, 0.15) is 5.82 Å². The molecule has 4 nitrogen and oxygen atoms in total. The molecule has 0 aliphatic carbocycles. The molecule has 1 aliphatic rings. The molecule has 1 aliphatic heterocycles. The van der Waals surface area contributed by atoms with E-state index in [1.54, 1.807) is 6.07 Å². The second-order valence-corrected chi connectivity index (χ2v) is 7.05. The summed E-state index contributed by atoms with van der Waals surface area (Å²) in [6, 6.07) is 3.93. The first kappa shape index (κ1) is 21.9. The van der Waals surface area contributed by atoms with Crippen LogP contribution in [-0.2, 0) is 12.4 Å². The Morgan fingerprint density at radius 3 is 1.90 bits per heavy atom. The molecule has 1 aromatic carbocycles. The number of pyridine rings is 1. The largest absolute Gasteiger partial charge is 0.416 e. The first-order valence-corrected chi connectivity index (χ1v) is 9.36. The number of hydrogen-bond donors (Lipinski definition) is 1. The quantitative estimate of drug-likeness (QED) is 0.630. The standard InChI is InChI=1S/C20H19F6N3O/c21-19(22,23)14-9-13(10-15(11-14)20(24,25)26)18(30)28-17-6-5-16(12-27-17)29-7-3-1-2-4-8-29/h5-6,9-12H,1-4,7-8H2,(H,27,28,30). The first-order chi connectivity index (χ1) is 14.0. The fourth-order valence-corrected chi connectivity index (χ4v) is 3.25. The number of nitrogens with zero attached hydrogens (tertiary/aromatic N) is 2. The van der Waals surface area contributed by atoms with Gasteiger partial charge in [-0.3, -0.25) is 4.79 Å². The second-order valence-electron chi connectivity index (χ2n) is 7.05. The maximum atomic E-state index is 13.0. The van der Waals surface area contributed by atoms with E-state index in [2.05, 4.69) is 15.2 Å². The number of carbonyl (C=O) groups is 1. The van der Waals surface area contributed by atoms with Gasteiger partial charge in [0.15, 0.2) is 0 Å². The molecule has 2 heterocycles. The Hall–Kier alpha value is -2.78. The molecule has 0 saturated carbocycles. The summed E-state index contributed by atoms with van der Waals surface area (Å²) < 4.78 is 77.8. The summed E-state index contributed by atoms with van der Waals surface area (Å²) in [5.41, 5.74) is -3.01.